The molecule has 0 radical (unpaired) electrons. The largest absolute Gasteiger partial charge is 0.731 e. The van der Waals surface area contributed by atoms with Gasteiger partial charge in [-0.2, -0.15) is 5.10 Å². The van der Waals surface area contributed by atoms with Gasteiger partial charge in [0, 0.05) is 40.7 Å². The SMILES string of the molecule is CC(C)(C)OC(=O)Oc1ccc(C=O)cc1.COc1ccc(OC)c(/C=N/N(C)c2nc3ccccc3s2)c1.O=Cc1ccc(OC(=O)[OH2+])cc1. The number of carbonyl (C=O) groups is 4. The second kappa shape index (κ2) is 19.0. The number of fused-ring (bicyclic) bond motifs is 1. The Morgan fingerprint density at radius 3 is 1.88 bits per heavy atom. The number of nitrogens with zero attached hydrogens (tertiary/aromatic N) is 3. The Labute approximate surface area is 298 Å². The molecule has 1 heterocycles. The number of thiazole rings is 1. The summed E-state index contributed by atoms with van der Waals surface area (Å²) in [5.74, 6) is 2.11. The van der Waals surface area contributed by atoms with E-state index in [0.717, 1.165) is 38.7 Å². The minimum Gasteiger partial charge on any atom is -0.535 e. The molecule has 5 rings (SSSR count). The van der Waals surface area contributed by atoms with Crippen LogP contribution < -0.4 is 24.0 Å². The van der Waals surface area contributed by atoms with Crippen molar-refractivity contribution in [2.45, 2.75) is 26.4 Å². The molecule has 0 aliphatic rings. The highest BCUT2D eigenvalue weighted by atomic mass is 32.1. The highest BCUT2D eigenvalue weighted by Crippen LogP contribution is 2.28. The van der Waals surface area contributed by atoms with Crippen molar-refractivity contribution in [1.29, 1.82) is 0 Å². The molecule has 0 saturated carbocycles. The first-order valence-electron chi connectivity index (χ1n) is 15.1. The minimum absolute atomic E-state index is 0.264. The highest BCUT2D eigenvalue weighted by molar-refractivity contribution is 7.22. The fourth-order valence-corrected chi connectivity index (χ4v) is 4.72. The number of hydrazone groups is 1. The van der Waals surface area contributed by atoms with Gasteiger partial charge >= 0.3 is 12.3 Å². The predicted octanol–water partition coefficient (Wildman–Crippen LogP) is 7.32. The molecule has 0 spiro atoms. The Balaban J connectivity index is 0.000000220. The molecule has 51 heavy (non-hydrogen) atoms. The number of benzene rings is 4. The smallest absolute Gasteiger partial charge is 0.535 e. The monoisotopic (exact) mass is 716 g/mol. The zero-order valence-corrected chi connectivity index (χ0v) is 29.6. The molecule has 0 saturated heterocycles. The topological polar surface area (TPSA) is 166 Å². The average molecular weight is 717 g/mol. The van der Waals surface area contributed by atoms with Crippen LogP contribution in [-0.2, 0) is 4.74 Å². The average Bonchev–Trinajstić information content (AvgIpc) is 3.55. The summed E-state index contributed by atoms with van der Waals surface area (Å²) in [5.41, 5.74) is 2.27. The second-order valence-electron chi connectivity index (χ2n) is 11.2. The summed E-state index contributed by atoms with van der Waals surface area (Å²) in [4.78, 5) is 46.6. The van der Waals surface area contributed by atoms with Gasteiger partial charge in [0.1, 0.15) is 35.4 Å². The second-order valence-corrected chi connectivity index (χ2v) is 12.2. The van der Waals surface area contributed by atoms with Crippen LogP contribution in [0, 0.1) is 0 Å². The van der Waals surface area contributed by atoms with Crippen molar-refractivity contribution in [2.24, 2.45) is 5.10 Å². The predicted molar refractivity (Wildman–Crippen MR) is 195 cm³/mol. The van der Waals surface area contributed by atoms with Crippen LogP contribution in [0.15, 0.2) is 96.1 Å². The maximum absolute atomic E-state index is 11.3. The molecule has 5 aromatic rings. The molecular formula is C37H38N3O10S+. The van der Waals surface area contributed by atoms with Gasteiger partial charge in [0.05, 0.1) is 30.7 Å². The van der Waals surface area contributed by atoms with Crippen LogP contribution >= 0.6 is 11.3 Å². The fourth-order valence-electron chi connectivity index (χ4n) is 3.84. The van der Waals surface area contributed by atoms with Crippen LogP contribution in [0.3, 0.4) is 0 Å². The van der Waals surface area contributed by atoms with Crippen LogP contribution in [0.4, 0.5) is 14.7 Å². The zero-order valence-electron chi connectivity index (χ0n) is 28.8. The number of anilines is 1. The van der Waals surface area contributed by atoms with Gasteiger partial charge in [-0.1, -0.05) is 23.5 Å². The molecule has 0 atom stereocenters. The third kappa shape index (κ3) is 13.3. The number of methoxy groups -OCH3 is 2. The third-order valence-electron chi connectivity index (χ3n) is 6.20. The maximum atomic E-state index is 11.3. The molecule has 266 valence electrons. The summed E-state index contributed by atoms with van der Waals surface area (Å²) in [6.07, 6.45) is 1.27. The van der Waals surface area contributed by atoms with Crippen molar-refractivity contribution in [3.8, 4) is 23.0 Å². The first kappa shape index (κ1) is 39.2. The van der Waals surface area contributed by atoms with Gasteiger partial charge in [0.15, 0.2) is 0 Å². The van der Waals surface area contributed by atoms with E-state index in [0.29, 0.717) is 23.2 Å². The molecule has 0 fully saturated rings. The van der Waals surface area contributed by atoms with Crippen molar-refractivity contribution in [3.63, 3.8) is 0 Å². The van der Waals surface area contributed by atoms with E-state index in [9.17, 15) is 19.2 Å². The van der Waals surface area contributed by atoms with Crippen LogP contribution in [-0.4, -0.2) is 68.1 Å². The van der Waals surface area contributed by atoms with E-state index >= 15 is 0 Å². The van der Waals surface area contributed by atoms with Crippen LogP contribution in [0.2, 0.25) is 0 Å². The molecule has 0 aliphatic carbocycles. The third-order valence-corrected chi connectivity index (χ3v) is 7.30. The lowest BCUT2D eigenvalue weighted by atomic mass is 10.2. The number of para-hydroxylation sites is 1. The number of aldehydes is 2. The number of hydrogen-bond donors (Lipinski definition) is 0. The standard InChI is InChI=1S/C17H17N3O2S.C12H14O4.C8H6O4/c1-20(17-19-14-6-4-5-7-16(14)23-17)18-11-12-10-13(21-2)8-9-15(12)22-3;1-12(2,3)16-11(14)15-10-6-4-9(8-13)5-7-10;9-5-6-1-3-7(4-2-6)12-8(10)11/h4-11H,1-3H3;4-8H,1-3H3;1-5H,(H,10,11)/p+1/b18-11+;;. The maximum Gasteiger partial charge on any atom is 0.731 e. The first-order valence-corrected chi connectivity index (χ1v) is 16.0. The molecule has 13 nitrogen and oxygen atoms in total. The number of aromatic nitrogens is 1. The van der Waals surface area contributed by atoms with Gasteiger partial charge in [-0.3, -0.25) is 14.3 Å². The molecule has 14 heteroatoms. The molecule has 0 aliphatic heterocycles. The summed E-state index contributed by atoms with van der Waals surface area (Å²) in [6, 6.07) is 25.8. The van der Waals surface area contributed by atoms with Gasteiger partial charge < -0.3 is 24.1 Å². The normalized spacial score (nSPS) is 10.5. The number of hydrogen-bond acceptors (Lipinski definition) is 13. The van der Waals surface area contributed by atoms with E-state index in [1.807, 2.05) is 43.4 Å². The van der Waals surface area contributed by atoms with E-state index in [1.54, 1.807) is 69.7 Å². The van der Waals surface area contributed by atoms with Crippen LogP contribution in [0.25, 0.3) is 10.2 Å². The number of carbonyl (C=O) groups excluding carboxylic acids is 4. The quantitative estimate of drug-likeness (QED) is 0.0375. The summed E-state index contributed by atoms with van der Waals surface area (Å²) < 4.78 is 26.0. The van der Waals surface area contributed by atoms with E-state index in [-0.39, 0.29) is 5.75 Å². The van der Waals surface area contributed by atoms with E-state index in [4.69, 9.17) is 24.1 Å². The molecule has 2 N–H and O–H groups in total. The molecule has 0 bridgehead atoms. The van der Waals surface area contributed by atoms with E-state index < -0.39 is 17.9 Å². The number of rotatable bonds is 9. The lowest BCUT2D eigenvalue weighted by Crippen LogP contribution is -2.25. The fraction of sp³-hybridized carbons (Fsp3) is 0.189. The van der Waals surface area contributed by atoms with E-state index in [1.165, 1.54) is 36.4 Å². The lowest BCUT2D eigenvalue weighted by molar-refractivity contribution is 0.0206. The van der Waals surface area contributed by atoms with Gasteiger partial charge in [-0.25, -0.2) is 14.8 Å². The van der Waals surface area contributed by atoms with Gasteiger partial charge in [0.2, 0.25) is 10.9 Å². The first-order chi connectivity index (χ1) is 24.3. The summed E-state index contributed by atoms with van der Waals surface area (Å²) in [6.45, 7) is 5.26. The van der Waals surface area contributed by atoms with Gasteiger partial charge in [-0.15, -0.1) is 0 Å². The molecular weight excluding hydrogens is 678 g/mol. The highest BCUT2D eigenvalue weighted by Gasteiger charge is 2.18. The minimum atomic E-state index is -1.12. The Bertz CT molecular complexity index is 1900. The van der Waals surface area contributed by atoms with Crippen molar-refractivity contribution >= 4 is 57.8 Å². The summed E-state index contributed by atoms with van der Waals surface area (Å²) in [7, 11) is 5.15. The van der Waals surface area contributed by atoms with Crippen LogP contribution in [0.5, 0.6) is 23.0 Å². The van der Waals surface area contributed by atoms with Crippen molar-refractivity contribution < 1.29 is 48.0 Å². The van der Waals surface area contributed by atoms with Crippen molar-refractivity contribution in [2.75, 3.05) is 26.3 Å². The van der Waals surface area contributed by atoms with Crippen molar-refractivity contribution in [1.82, 2.24) is 4.98 Å². The Morgan fingerprint density at radius 2 is 1.37 bits per heavy atom. The van der Waals surface area contributed by atoms with E-state index in [2.05, 4.69) is 20.9 Å². The summed E-state index contributed by atoms with van der Waals surface area (Å²) in [5, 5.41) is 13.5. The van der Waals surface area contributed by atoms with Gasteiger partial charge in [-0.05, 0) is 87.5 Å². The molecule has 1 aromatic heterocycles. The number of ether oxygens (including phenoxy) is 5. The van der Waals surface area contributed by atoms with Crippen molar-refractivity contribution in [3.05, 3.63) is 108 Å². The lowest BCUT2D eigenvalue weighted by Gasteiger charge is -2.18. The Hall–Kier alpha value is -6.28. The molecule has 0 unspecified atom stereocenters. The zero-order chi connectivity index (χ0) is 37.4. The Kier molecular flexibility index (Phi) is 14.6. The Morgan fingerprint density at radius 1 is 0.804 bits per heavy atom. The molecule has 4 aromatic carbocycles. The van der Waals surface area contributed by atoms with Crippen LogP contribution in [0.1, 0.15) is 47.1 Å². The summed E-state index contributed by atoms with van der Waals surface area (Å²) >= 11 is 1.60. The molecule has 0 amide bonds. The van der Waals surface area contributed by atoms with Gasteiger partial charge in [0.25, 0.3) is 0 Å².